The van der Waals surface area contributed by atoms with Gasteiger partial charge in [-0.25, -0.2) is 8.42 Å². The van der Waals surface area contributed by atoms with Gasteiger partial charge in [-0.15, -0.1) is 0 Å². The van der Waals surface area contributed by atoms with Crippen LogP contribution in [-0.2, 0) is 10.0 Å². The van der Waals surface area contributed by atoms with Gasteiger partial charge < -0.3 is 10.6 Å². The molecule has 3 aromatic rings. The largest absolute Gasteiger partial charge is 0.354 e. The minimum Gasteiger partial charge on any atom is -0.354 e. The Labute approximate surface area is 170 Å². The van der Waals surface area contributed by atoms with Crippen LogP contribution in [0.15, 0.2) is 94.8 Å². The van der Waals surface area contributed by atoms with Crippen LogP contribution in [0, 0.1) is 0 Å². The van der Waals surface area contributed by atoms with Crippen LogP contribution in [0.5, 0.6) is 0 Å². The van der Waals surface area contributed by atoms with Crippen LogP contribution in [0.4, 0.5) is 5.69 Å². The van der Waals surface area contributed by atoms with E-state index in [1.165, 1.54) is 0 Å². The number of nitrogens with zero attached hydrogens (tertiary/aromatic N) is 1. The SMILES string of the molecule is O=S(=O)(NC(c1ccccc1)c1ccc(NC2=NCCN2)cc1)c1ccccc1. The third-order valence-corrected chi connectivity index (χ3v) is 6.08. The average molecular weight is 407 g/mol. The molecular weight excluding hydrogens is 384 g/mol. The zero-order valence-electron chi connectivity index (χ0n) is 15.7. The van der Waals surface area contributed by atoms with E-state index in [0.29, 0.717) is 0 Å². The van der Waals surface area contributed by atoms with Gasteiger partial charge in [-0.1, -0.05) is 60.7 Å². The Morgan fingerprint density at radius 3 is 2.07 bits per heavy atom. The van der Waals surface area contributed by atoms with Crippen molar-refractivity contribution in [2.45, 2.75) is 10.9 Å². The maximum absolute atomic E-state index is 12.9. The van der Waals surface area contributed by atoms with Crippen LogP contribution < -0.4 is 15.4 Å². The Bertz CT molecular complexity index is 1080. The fourth-order valence-electron chi connectivity index (χ4n) is 3.17. The summed E-state index contributed by atoms with van der Waals surface area (Å²) < 4.78 is 28.7. The zero-order valence-corrected chi connectivity index (χ0v) is 16.6. The lowest BCUT2D eigenvalue weighted by molar-refractivity contribution is 0.572. The van der Waals surface area contributed by atoms with E-state index in [4.69, 9.17) is 0 Å². The minimum absolute atomic E-state index is 0.240. The molecule has 3 N–H and O–H groups in total. The first-order valence-electron chi connectivity index (χ1n) is 9.39. The third kappa shape index (κ3) is 4.64. The third-order valence-electron chi connectivity index (χ3n) is 4.64. The number of sulfonamides is 1. The summed E-state index contributed by atoms with van der Waals surface area (Å²) in [4.78, 5) is 4.56. The summed E-state index contributed by atoms with van der Waals surface area (Å²) >= 11 is 0. The van der Waals surface area contributed by atoms with E-state index in [2.05, 4.69) is 20.3 Å². The van der Waals surface area contributed by atoms with Crippen molar-refractivity contribution in [2.24, 2.45) is 4.99 Å². The van der Waals surface area contributed by atoms with E-state index in [1.54, 1.807) is 30.3 Å². The number of hydrogen-bond acceptors (Lipinski definition) is 5. The summed E-state index contributed by atoms with van der Waals surface area (Å²) in [7, 11) is -3.68. The van der Waals surface area contributed by atoms with Crippen LogP contribution in [0.25, 0.3) is 0 Å². The highest BCUT2D eigenvalue weighted by Crippen LogP contribution is 2.26. The minimum atomic E-state index is -3.68. The fraction of sp³-hybridized carbons (Fsp3) is 0.136. The van der Waals surface area contributed by atoms with Gasteiger partial charge >= 0.3 is 0 Å². The first-order chi connectivity index (χ1) is 14.1. The first kappa shape index (κ1) is 19.2. The molecule has 0 radical (unpaired) electrons. The summed E-state index contributed by atoms with van der Waals surface area (Å²) in [6.45, 7) is 1.59. The number of benzene rings is 3. The first-order valence-corrected chi connectivity index (χ1v) is 10.9. The molecule has 29 heavy (non-hydrogen) atoms. The highest BCUT2D eigenvalue weighted by molar-refractivity contribution is 7.89. The van der Waals surface area contributed by atoms with Crippen molar-refractivity contribution in [3.05, 3.63) is 96.1 Å². The number of rotatable bonds is 6. The predicted octanol–water partition coefficient (Wildman–Crippen LogP) is 3.13. The maximum atomic E-state index is 12.9. The van der Waals surface area contributed by atoms with Crippen molar-refractivity contribution in [3.63, 3.8) is 0 Å². The van der Waals surface area contributed by atoms with E-state index in [-0.39, 0.29) is 4.90 Å². The number of anilines is 1. The molecule has 3 aromatic carbocycles. The molecule has 0 fully saturated rings. The van der Waals surface area contributed by atoms with Crippen molar-refractivity contribution >= 4 is 21.7 Å². The molecule has 0 saturated heterocycles. The smallest absolute Gasteiger partial charge is 0.241 e. The Balaban J connectivity index is 1.63. The lowest BCUT2D eigenvalue weighted by Gasteiger charge is -2.20. The van der Waals surface area contributed by atoms with Gasteiger partial charge in [0.15, 0.2) is 5.96 Å². The van der Waals surface area contributed by atoms with Crippen LogP contribution in [0.3, 0.4) is 0 Å². The molecule has 0 bridgehead atoms. The van der Waals surface area contributed by atoms with Crippen molar-refractivity contribution in [1.82, 2.24) is 10.0 Å². The van der Waals surface area contributed by atoms with Gasteiger partial charge in [0.2, 0.25) is 10.0 Å². The molecule has 0 aliphatic carbocycles. The number of hydrogen-bond donors (Lipinski definition) is 3. The van der Waals surface area contributed by atoms with E-state index in [0.717, 1.165) is 35.9 Å². The molecule has 1 atom stereocenters. The highest BCUT2D eigenvalue weighted by Gasteiger charge is 2.22. The second kappa shape index (κ2) is 8.46. The standard InChI is InChI=1S/C22H22N4O2S/c27-29(28,20-9-5-2-6-10-20)26-21(17-7-3-1-4-8-17)18-11-13-19(14-12-18)25-22-23-15-16-24-22/h1-14,21,26H,15-16H2,(H2,23,24,25). The predicted molar refractivity (Wildman–Crippen MR) is 115 cm³/mol. The van der Waals surface area contributed by atoms with Gasteiger partial charge in [0, 0.05) is 12.2 Å². The summed E-state index contributed by atoms with van der Waals surface area (Å²) in [6.07, 6.45) is 0. The molecule has 0 amide bonds. The molecule has 1 aliphatic heterocycles. The zero-order chi connectivity index (χ0) is 20.1. The van der Waals surface area contributed by atoms with Gasteiger partial charge in [0.05, 0.1) is 17.5 Å². The van der Waals surface area contributed by atoms with Gasteiger partial charge in [-0.3, -0.25) is 4.99 Å². The molecule has 4 rings (SSSR count). The summed E-state index contributed by atoms with van der Waals surface area (Å²) in [5.41, 5.74) is 2.61. The molecule has 0 spiro atoms. The summed E-state index contributed by atoms with van der Waals surface area (Å²) in [6, 6.07) is 25.1. The van der Waals surface area contributed by atoms with Gasteiger partial charge in [-0.2, -0.15) is 4.72 Å². The second-order valence-corrected chi connectivity index (χ2v) is 8.40. The van der Waals surface area contributed by atoms with Crippen LogP contribution in [0.2, 0.25) is 0 Å². The van der Waals surface area contributed by atoms with Gasteiger partial charge in [-0.05, 0) is 35.4 Å². The quantitative estimate of drug-likeness (QED) is 0.587. The maximum Gasteiger partial charge on any atom is 0.241 e. The molecule has 6 nitrogen and oxygen atoms in total. The molecule has 1 unspecified atom stereocenters. The molecule has 0 saturated carbocycles. The number of nitrogens with one attached hydrogen (secondary N) is 3. The second-order valence-electron chi connectivity index (χ2n) is 6.68. The summed E-state index contributed by atoms with van der Waals surface area (Å²) in [5.74, 6) is 0.752. The monoisotopic (exact) mass is 406 g/mol. The van der Waals surface area contributed by atoms with E-state index in [9.17, 15) is 8.42 Å². The van der Waals surface area contributed by atoms with Crippen molar-refractivity contribution in [3.8, 4) is 0 Å². The Hall–Kier alpha value is -3.16. The molecule has 1 aliphatic rings. The molecule has 0 aromatic heterocycles. The van der Waals surface area contributed by atoms with E-state index < -0.39 is 16.1 Å². The highest BCUT2D eigenvalue weighted by atomic mass is 32.2. The van der Waals surface area contributed by atoms with Gasteiger partial charge in [0.25, 0.3) is 0 Å². The normalized spacial score (nSPS) is 14.7. The van der Waals surface area contributed by atoms with Crippen LogP contribution >= 0.6 is 0 Å². The van der Waals surface area contributed by atoms with E-state index in [1.807, 2.05) is 54.6 Å². The lowest BCUT2D eigenvalue weighted by atomic mass is 9.99. The fourth-order valence-corrected chi connectivity index (χ4v) is 4.41. The average Bonchev–Trinajstić information content (AvgIpc) is 3.27. The van der Waals surface area contributed by atoms with Crippen molar-refractivity contribution < 1.29 is 8.42 Å². The Kier molecular flexibility index (Phi) is 5.59. The Morgan fingerprint density at radius 1 is 0.828 bits per heavy atom. The summed E-state index contributed by atoms with van der Waals surface area (Å²) in [5, 5.41) is 6.39. The topological polar surface area (TPSA) is 82.6 Å². The van der Waals surface area contributed by atoms with Crippen LogP contribution in [-0.4, -0.2) is 27.5 Å². The van der Waals surface area contributed by atoms with E-state index >= 15 is 0 Å². The lowest BCUT2D eigenvalue weighted by Crippen LogP contribution is -2.29. The van der Waals surface area contributed by atoms with Crippen molar-refractivity contribution in [1.29, 1.82) is 0 Å². The number of guanidine groups is 1. The molecule has 148 valence electrons. The van der Waals surface area contributed by atoms with Gasteiger partial charge in [0.1, 0.15) is 0 Å². The molecular formula is C22H22N4O2S. The van der Waals surface area contributed by atoms with Crippen molar-refractivity contribution in [2.75, 3.05) is 18.4 Å². The number of aliphatic imine (C=N–C) groups is 1. The Morgan fingerprint density at radius 2 is 1.45 bits per heavy atom. The molecule has 1 heterocycles. The molecule has 7 heteroatoms. The van der Waals surface area contributed by atoms with Crippen LogP contribution in [0.1, 0.15) is 17.2 Å².